The highest BCUT2D eigenvalue weighted by Gasteiger charge is 2.42. The lowest BCUT2D eigenvalue weighted by atomic mass is 9.57. The Hall–Kier alpha value is -7.57. The molecule has 0 bridgehead atoms. The van der Waals surface area contributed by atoms with Crippen molar-refractivity contribution < 1.29 is 4.74 Å². The molecule has 3 heterocycles. The third kappa shape index (κ3) is 6.04. The molecule has 0 unspecified atom stereocenters. The van der Waals surface area contributed by atoms with Gasteiger partial charge in [-0.2, -0.15) is 11.6 Å². The van der Waals surface area contributed by atoms with Gasteiger partial charge >= 0.3 is 0 Å². The summed E-state index contributed by atoms with van der Waals surface area (Å²) in [6.07, 6.45) is 0. The summed E-state index contributed by atoms with van der Waals surface area (Å²) in [5.41, 5.74) is 13.2. The van der Waals surface area contributed by atoms with Crippen LogP contribution in [0.5, 0.6) is 11.5 Å². The number of nitrogens with zero attached hydrogens (tertiary/aromatic N) is 1. The molecule has 0 aliphatic carbocycles. The third-order valence-electron chi connectivity index (χ3n) is 13.6. The van der Waals surface area contributed by atoms with Crippen LogP contribution in [0.2, 0.25) is 0 Å². The van der Waals surface area contributed by atoms with E-state index in [1.165, 1.54) is 86.2 Å². The largest absolute Gasteiger partial charge is 0.458 e. The fraction of sp³-hybridized carbons (Fsp3) is 0. The van der Waals surface area contributed by atoms with Crippen molar-refractivity contribution in [3.63, 3.8) is 0 Å². The SMILES string of the molecule is c1ccc([Si](c2ccccc2)(c2ccccc2)c2cccc(-c3cc4c5c(c3)-c3ccccc3SB5c3cc(-c5cccc(-n6c7ccccc7c7ccccc76)c5)ccc3O4)c2)cc1. The van der Waals surface area contributed by atoms with Crippen molar-refractivity contribution in [1.29, 1.82) is 0 Å². The van der Waals surface area contributed by atoms with E-state index in [9.17, 15) is 0 Å². The van der Waals surface area contributed by atoms with E-state index in [1.807, 2.05) is 11.6 Å². The molecule has 0 spiro atoms. The highest BCUT2D eigenvalue weighted by Crippen LogP contribution is 2.45. The van der Waals surface area contributed by atoms with Crippen LogP contribution in [-0.4, -0.2) is 18.6 Å². The van der Waals surface area contributed by atoms with Gasteiger partial charge in [0, 0.05) is 21.4 Å². The predicted octanol–water partition coefficient (Wildman–Crippen LogP) is 11.5. The lowest BCUT2D eigenvalue weighted by Crippen LogP contribution is -2.74. The van der Waals surface area contributed by atoms with Gasteiger partial charge in [-0.1, -0.05) is 194 Å². The summed E-state index contributed by atoms with van der Waals surface area (Å²) in [6, 6.07) is 89.6. The molecule has 11 aromatic rings. The first-order chi connectivity index (χ1) is 32.2. The molecule has 13 rings (SSSR count). The standard InChI is InChI=1S/C60H40BNOSSi/c1-4-21-46(22-5-1)65(47-23-6-2-7-24-47,48-25-8-3-9-26-48)49-27-17-19-42(37-49)44-38-53-52-30-12-15-33-59(52)64-61-54-39-43(34-35-57(54)63-58(40-44)60(53)61)41-18-16-20-45(36-41)62-55-31-13-10-28-50(55)51-29-11-14-32-56(51)62/h1-40H. The van der Waals surface area contributed by atoms with Crippen LogP contribution < -0.4 is 36.4 Å². The highest BCUT2D eigenvalue weighted by atomic mass is 32.2. The minimum Gasteiger partial charge on any atom is -0.458 e. The molecule has 1 aromatic heterocycles. The lowest BCUT2D eigenvalue weighted by Gasteiger charge is -2.35. The van der Waals surface area contributed by atoms with Crippen LogP contribution in [0.25, 0.3) is 60.9 Å². The first kappa shape index (κ1) is 37.9. The Balaban J connectivity index is 0.940. The van der Waals surface area contributed by atoms with Crippen LogP contribution in [0.3, 0.4) is 0 Å². The number of benzene rings is 10. The number of fused-ring (bicyclic) bond motifs is 7. The van der Waals surface area contributed by atoms with Crippen LogP contribution >= 0.6 is 11.6 Å². The normalized spacial score (nSPS) is 12.6. The summed E-state index contributed by atoms with van der Waals surface area (Å²) < 4.78 is 9.46. The van der Waals surface area contributed by atoms with Crippen molar-refractivity contribution in [2.24, 2.45) is 0 Å². The molecule has 0 saturated carbocycles. The Morgan fingerprint density at radius 3 is 1.62 bits per heavy atom. The molecule has 304 valence electrons. The van der Waals surface area contributed by atoms with Crippen molar-refractivity contribution in [2.75, 3.05) is 0 Å². The molecule has 0 radical (unpaired) electrons. The fourth-order valence-corrected chi connectivity index (χ4v) is 16.9. The summed E-state index contributed by atoms with van der Waals surface area (Å²) in [6.45, 7) is 0. The summed E-state index contributed by atoms with van der Waals surface area (Å²) in [4.78, 5) is 1.29. The molecule has 2 aliphatic rings. The maximum atomic E-state index is 7.07. The number of hydrogen-bond acceptors (Lipinski definition) is 2. The first-order valence-corrected chi connectivity index (χ1v) is 25.2. The van der Waals surface area contributed by atoms with E-state index in [-0.39, 0.29) is 5.99 Å². The molecular weight excluding hydrogens is 822 g/mol. The highest BCUT2D eigenvalue weighted by molar-refractivity contribution is 8.28. The molecule has 65 heavy (non-hydrogen) atoms. The van der Waals surface area contributed by atoms with E-state index in [2.05, 4.69) is 247 Å². The maximum Gasteiger partial charge on any atom is 0.289 e. The van der Waals surface area contributed by atoms with Gasteiger partial charge in [-0.05, 0) is 114 Å². The molecule has 10 aromatic carbocycles. The van der Waals surface area contributed by atoms with Crippen LogP contribution in [0, 0.1) is 0 Å². The van der Waals surface area contributed by atoms with Crippen LogP contribution in [0.1, 0.15) is 0 Å². The Morgan fingerprint density at radius 1 is 0.385 bits per heavy atom. The van der Waals surface area contributed by atoms with Gasteiger partial charge < -0.3 is 9.30 Å². The van der Waals surface area contributed by atoms with Crippen molar-refractivity contribution in [3.8, 4) is 50.6 Å². The summed E-state index contributed by atoms with van der Waals surface area (Å²) in [7, 11) is -2.73. The van der Waals surface area contributed by atoms with E-state index < -0.39 is 8.07 Å². The number of hydrogen-bond donors (Lipinski definition) is 0. The minimum atomic E-state index is -2.73. The quantitative estimate of drug-likeness (QED) is 0.117. The molecule has 2 nitrogen and oxygen atoms in total. The Morgan fingerprint density at radius 2 is 0.938 bits per heavy atom. The fourth-order valence-electron chi connectivity index (χ4n) is 10.7. The predicted molar refractivity (Wildman–Crippen MR) is 278 cm³/mol. The average Bonchev–Trinajstić information content (AvgIpc) is 3.72. The zero-order chi connectivity index (χ0) is 42.9. The van der Waals surface area contributed by atoms with Gasteiger partial charge in [0.05, 0.1) is 11.0 Å². The maximum absolute atomic E-state index is 7.07. The summed E-state index contributed by atoms with van der Waals surface area (Å²) >= 11 is 1.94. The molecule has 0 fully saturated rings. The van der Waals surface area contributed by atoms with E-state index in [1.54, 1.807) is 0 Å². The minimum absolute atomic E-state index is 0.0776. The molecular formula is C60H40BNOSSi. The van der Waals surface area contributed by atoms with E-state index in [0.717, 1.165) is 22.7 Å². The molecule has 2 aliphatic heterocycles. The average molecular weight is 862 g/mol. The van der Waals surface area contributed by atoms with Gasteiger partial charge in [0.15, 0.2) is 8.07 Å². The second-order valence-electron chi connectivity index (χ2n) is 17.1. The van der Waals surface area contributed by atoms with Crippen molar-refractivity contribution in [3.05, 3.63) is 243 Å². The van der Waals surface area contributed by atoms with Crippen LogP contribution in [0.15, 0.2) is 248 Å². The van der Waals surface area contributed by atoms with Crippen molar-refractivity contribution in [1.82, 2.24) is 4.57 Å². The number of para-hydroxylation sites is 2. The zero-order valence-electron chi connectivity index (χ0n) is 35.4. The van der Waals surface area contributed by atoms with Gasteiger partial charge in [0.2, 0.25) is 0 Å². The molecule has 5 heteroatoms. The second-order valence-corrected chi connectivity index (χ2v) is 22.1. The first-order valence-electron chi connectivity index (χ1n) is 22.3. The summed E-state index contributed by atoms with van der Waals surface area (Å²) in [5, 5.41) is 7.96. The third-order valence-corrected chi connectivity index (χ3v) is 19.7. The lowest BCUT2D eigenvalue weighted by molar-refractivity contribution is 0.488. The molecule has 0 saturated heterocycles. The van der Waals surface area contributed by atoms with E-state index >= 15 is 0 Å². The number of ether oxygens (including phenoxy) is 1. The van der Waals surface area contributed by atoms with Crippen LogP contribution in [-0.2, 0) is 0 Å². The van der Waals surface area contributed by atoms with Gasteiger partial charge in [-0.15, -0.1) is 0 Å². The van der Waals surface area contributed by atoms with Crippen molar-refractivity contribution >= 4 is 79.2 Å². The molecule has 0 N–H and O–H groups in total. The second kappa shape index (κ2) is 15.3. The van der Waals surface area contributed by atoms with Crippen LogP contribution in [0.4, 0.5) is 0 Å². The van der Waals surface area contributed by atoms with Crippen molar-refractivity contribution in [2.45, 2.75) is 4.90 Å². The van der Waals surface area contributed by atoms with Gasteiger partial charge in [0.25, 0.3) is 5.99 Å². The molecule has 0 atom stereocenters. The smallest absolute Gasteiger partial charge is 0.289 e. The van der Waals surface area contributed by atoms with E-state index in [0.29, 0.717) is 0 Å². The Labute approximate surface area is 384 Å². The van der Waals surface area contributed by atoms with E-state index in [4.69, 9.17) is 4.74 Å². The topological polar surface area (TPSA) is 14.2 Å². The number of rotatable bonds is 7. The Bertz CT molecular complexity index is 3480. The summed E-state index contributed by atoms with van der Waals surface area (Å²) in [5.74, 6) is 1.92. The number of aromatic nitrogens is 1. The van der Waals surface area contributed by atoms with Gasteiger partial charge in [-0.3, -0.25) is 0 Å². The molecule has 0 amide bonds. The Kier molecular flexibility index (Phi) is 8.93. The monoisotopic (exact) mass is 861 g/mol. The zero-order valence-corrected chi connectivity index (χ0v) is 37.3. The van der Waals surface area contributed by atoms with Gasteiger partial charge in [0.1, 0.15) is 11.5 Å². The van der Waals surface area contributed by atoms with Gasteiger partial charge in [-0.25, -0.2) is 0 Å².